The van der Waals surface area contributed by atoms with Gasteiger partial charge in [0.1, 0.15) is 23.0 Å². The molecule has 0 unspecified atom stereocenters. The molecule has 8 heteroatoms. The van der Waals surface area contributed by atoms with Crippen LogP contribution in [0.3, 0.4) is 0 Å². The van der Waals surface area contributed by atoms with Crippen LogP contribution in [0.4, 0.5) is 15.8 Å². The molecule has 0 fully saturated rings. The molecule has 3 N–H and O–H groups in total. The van der Waals surface area contributed by atoms with Crippen molar-refractivity contribution in [2.45, 2.75) is 0 Å². The lowest BCUT2D eigenvalue weighted by molar-refractivity contribution is 0.0997. The van der Waals surface area contributed by atoms with E-state index in [9.17, 15) is 9.18 Å². The Kier molecular flexibility index (Phi) is 5.06. The first-order chi connectivity index (χ1) is 12.4. The average Bonchev–Trinajstić information content (AvgIpc) is 3.09. The molecule has 0 aliphatic rings. The highest BCUT2D eigenvalue weighted by Crippen LogP contribution is 2.35. The molecular formula is C18H13Cl2FN2O3. The van der Waals surface area contributed by atoms with Crippen molar-refractivity contribution in [1.29, 1.82) is 0 Å². The van der Waals surface area contributed by atoms with Gasteiger partial charge in [-0.2, -0.15) is 0 Å². The first-order valence-electron chi connectivity index (χ1n) is 7.38. The first-order valence-corrected chi connectivity index (χ1v) is 8.14. The third-order valence-electron chi connectivity index (χ3n) is 3.57. The Morgan fingerprint density at radius 2 is 1.92 bits per heavy atom. The van der Waals surface area contributed by atoms with Gasteiger partial charge in [-0.1, -0.05) is 23.2 Å². The molecule has 0 bridgehead atoms. The van der Waals surface area contributed by atoms with Gasteiger partial charge in [-0.05, 0) is 36.4 Å². The number of carbonyl (C=O) groups is 1. The van der Waals surface area contributed by atoms with E-state index >= 15 is 0 Å². The normalized spacial score (nSPS) is 10.6. The number of nitrogens with one attached hydrogen (secondary N) is 1. The largest absolute Gasteiger partial charge is 0.494 e. The number of anilines is 2. The predicted molar refractivity (Wildman–Crippen MR) is 99.5 cm³/mol. The van der Waals surface area contributed by atoms with Crippen LogP contribution in [0, 0.1) is 5.82 Å². The van der Waals surface area contributed by atoms with Crippen molar-refractivity contribution < 1.29 is 18.3 Å². The maximum atomic E-state index is 13.3. The van der Waals surface area contributed by atoms with Gasteiger partial charge in [0.2, 0.25) is 0 Å². The van der Waals surface area contributed by atoms with Crippen LogP contribution in [-0.2, 0) is 0 Å². The van der Waals surface area contributed by atoms with Gasteiger partial charge in [-0.3, -0.25) is 4.79 Å². The van der Waals surface area contributed by atoms with Gasteiger partial charge in [-0.25, -0.2) is 4.39 Å². The fourth-order valence-electron chi connectivity index (χ4n) is 2.32. The second-order valence-electron chi connectivity index (χ2n) is 5.33. The topological polar surface area (TPSA) is 77.5 Å². The molecule has 134 valence electrons. The Morgan fingerprint density at radius 1 is 1.15 bits per heavy atom. The van der Waals surface area contributed by atoms with Crippen molar-refractivity contribution in [3.05, 3.63) is 64.1 Å². The lowest BCUT2D eigenvalue weighted by atomic mass is 10.2. The number of halogens is 3. The number of ether oxygens (including phenoxy) is 1. The van der Waals surface area contributed by atoms with E-state index in [4.69, 9.17) is 38.1 Å². The standard InChI is InChI=1S/C18H13Cl2FN2O3/c1-25-16-8-10(22)7-12(20)17(16)23-18(24)15-5-4-14(26-15)9-2-3-13(21)11(19)6-9/h2-8H,22H2,1H3,(H,23,24). The van der Waals surface area contributed by atoms with E-state index in [-0.39, 0.29) is 21.5 Å². The zero-order chi connectivity index (χ0) is 18.8. The van der Waals surface area contributed by atoms with Crippen molar-refractivity contribution in [1.82, 2.24) is 0 Å². The molecule has 26 heavy (non-hydrogen) atoms. The van der Waals surface area contributed by atoms with Crippen LogP contribution in [0.15, 0.2) is 46.9 Å². The summed E-state index contributed by atoms with van der Waals surface area (Å²) >= 11 is 11.9. The summed E-state index contributed by atoms with van der Waals surface area (Å²) in [7, 11) is 1.43. The summed E-state index contributed by atoms with van der Waals surface area (Å²) in [5.41, 5.74) is 6.92. The van der Waals surface area contributed by atoms with Crippen LogP contribution in [0.5, 0.6) is 5.75 Å². The van der Waals surface area contributed by atoms with E-state index in [1.54, 1.807) is 6.07 Å². The second-order valence-corrected chi connectivity index (χ2v) is 6.14. The number of amides is 1. The number of rotatable bonds is 4. The molecule has 0 atom stereocenters. The number of furan rings is 1. The second kappa shape index (κ2) is 7.27. The zero-order valence-corrected chi connectivity index (χ0v) is 15.0. The minimum atomic E-state index is -0.537. The highest BCUT2D eigenvalue weighted by molar-refractivity contribution is 6.34. The summed E-state index contributed by atoms with van der Waals surface area (Å²) in [6, 6.07) is 10.2. The van der Waals surface area contributed by atoms with Gasteiger partial charge < -0.3 is 20.2 Å². The van der Waals surface area contributed by atoms with Gasteiger partial charge in [0.25, 0.3) is 5.91 Å². The minimum absolute atomic E-state index is 0.0374. The highest BCUT2D eigenvalue weighted by Gasteiger charge is 2.17. The molecule has 1 heterocycles. The fourth-order valence-corrected chi connectivity index (χ4v) is 2.77. The maximum absolute atomic E-state index is 13.3. The van der Waals surface area contributed by atoms with E-state index < -0.39 is 11.7 Å². The highest BCUT2D eigenvalue weighted by atomic mass is 35.5. The Bertz CT molecular complexity index is 989. The molecule has 3 aromatic rings. The fraction of sp³-hybridized carbons (Fsp3) is 0.0556. The van der Waals surface area contributed by atoms with Crippen molar-refractivity contribution >= 4 is 40.5 Å². The SMILES string of the molecule is COc1cc(N)cc(Cl)c1NC(=O)c1ccc(-c2ccc(F)c(Cl)c2)o1. The number of carbonyl (C=O) groups excluding carboxylic acids is 1. The van der Waals surface area contributed by atoms with Crippen LogP contribution < -0.4 is 15.8 Å². The summed E-state index contributed by atoms with van der Waals surface area (Å²) in [5.74, 6) is -0.345. The van der Waals surface area contributed by atoms with Crippen LogP contribution in [0.1, 0.15) is 10.6 Å². The predicted octanol–water partition coefficient (Wildman–Crippen LogP) is 5.24. The molecule has 0 aliphatic carbocycles. The molecule has 3 rings (SSSR count). The summed E-state index contributed by atoms with van der Waals surface area (Å²) in [5, 5.41) is 2.82. The Labute approximate surface area is 158 Å². The zero-order valence-electron chi connectivity index (χ0n) is 13.5. The molecule has 0 radical (unpaired) electrons. The molecule has 5 nitrogen and oxygen atoms in total. The lowest BCUT2D eigenvalue weighted by Gasteiger charge is -2.12. The number of nitrogens with two attached hydrogens (primary N) is 1. The van der Waals surface area contributed by atoms with E-state index in [0.717, 1.165) is 0 Å². The number of methoxy groups -OCH3 is 1. The quantitative estimate of drug-likeness (QED) is 0.593. The van der Waals surface area contributed by atoms with Gasteiger partial charge >= 0.3 is 0 Å². The lowest BCUT2D eigenvalue weighted by Crippen LogP contribution is -2.12. The van der Waals surface area contributed by atoms with E-state index in [1.165, 1.54) is 43.5 Å². The smallest absolute Gasteiger partial charge is 0.291 e. The Morgan fingerprint density at radius 3 is 2.62 bits per heavy atom. The molecule has 1 aromatic heterocycles. The molecule has 2 aromatic carbocycles. The molecule has 0 spiro atoms. The molecule has 0 saturated heterocycles. The average molecular weight is 395 g/mol. The summed E-state index contributed by atoms with van der Waals surface area (Å²) in [6.45, 7) is 0. The van der Waals surface area contributed by atoms with Crippen LogP contribution >= 0.6 is 23.2 Å². The summed E-state index contributed by atoms with van der Waals surface area (Å²) < 4.78 is 24.0. The van der Waals surface area contributed by atoms with Crippen molar-refractivity contribution in [2.75, 3.05) is 18.2 Å². The van der Waals surface area contributed by atoms with Gasteiger partial charge in [0.15, 0.2) is 5.76 Å². The van der Waals surface area contributed by atoms with Crippen molar-refractivity contribution in [2.24, 2.45) is 0 Å². The maximum Gasteiger partial charge on any atom is 0.291 e. The van der Waals surface area contributed by atoms with Gasteiger partial charge in [-0.15, -0.1) is 0 Å². The molecule has 0 aliphatic heterocycles. The van der Waals surface area contributed by atoms with Gasteiger partial charge in [0, 0.05) is 17.3 Å². The monoisotopic (exact) mass is 394 g/mol. The third kappa shape index (κ3) is 3.61. The summed E-state index contributed by atoms with van der Waals surface area (Å²) in [4.78, 5) is 12.4. The van der Waals surface area contributed by atoms with Crippen LogP contribution in [0.2, 0.25) is 10.0 Å². The molecule has 0 saturated carbocycles. The Hall–Kier alpha value is -2.70. The molecule has 1 amide bonds. The van der Waals surface area contributed by atoms with Crippen molar-refractivity contribution in [3.63, 3.8) is 0 Å². The minimum Gasteiger partial charge on any atom is -0.494 e. The van der Waals surface area contributed by atoms with E-state index in [0.29, 0.717) is 22.8 Å². The third-order valence-corrected chi connectivity index (χ3v) is 4.16. The number of benzene rings is 2. The van der Waals surface area contributed by atoms with E-state index in [1.807, 2.05) is 0 Å². The number of hydrogen-bond donors (Lipinski definition) is 2. The van der Waals surface area contributed by atoms with E-state index in [2.05, 4.69) is 5.32 Å². The summed E-state index contributed by atoms with van der Waals surface area (Å²) in [6.07, 6.45) is 0. The Balaban J connectivity index is 1.86. The molecular weight excluding hydrogens is 382 g/mol. The first kappa shape index (κ1) is 18.1. The van der Waals surface area contributed by atoms with Gasteiger partial charge in [0.05, 0.1) is 17.2 Å². The van der Waals surface area contributed by atoms with Crippen LogP contribution in [0.25, 0.3) is 11.3 Å². The number of nitrogen functional groups attached to an aromatic ring is 1. The van der Waals surface area contributed by atoms with Crippen LogP contribution in [-0.4, -0.2) is 13.0 Å². The van der Waals surface area contributed by atoms with Crippen molar-refractivity contribution in [3.8, 4) is 17.1 Å². The number of hydrogen-bond acceptors (Lipinski definition) is 4.